The Hall–Kier alpha value is -4.25. The molecule has 0 aliphatic rings. The van der Waals surface area contributed by atoms with Crippen LogP contribution in [0.2, 0.25) is 0 Å². The van der Waals surface area contributed by atoms with Gasteiger partial charge in [0.05, 0.1) is 31.0 Å². The van der Waals surface area contributed by atoms with Gasteiger partial charge in [-0.15, -0.1) is 0 Å². The Balaban J connectivity index is 2.23. The second-order valence-electron chi connectivity index (χ2n) is 5.70. The van der Waals surface area contributed by atoms with Gasteiger partial charge in [0.15, 0.2) is 0 Å². The summed E-state index contributed by atoms with van der Waals surface area (Å²) in [4.78, 5) is 15.4. The van der Waals surface area contributed by atoms with Crippen molar-refractivity contribution in [1.82, 2.24) is 0 Å². The lowest BCUT2D eigenvalue weighted by atomic mass is 10.0. The first-order valence-electron chi connectivity index (χ1n) is 8.35. The summed E-state index contributed by atoms with van der Waals surface area (Å²) in [6, 6.07) is 11.5. The molecule has 0 aromatic heterocycles. The van der Waals surface area contributed by atoms with Crippen molar-refractivity contribution >= 4 is 23.4 Å². The lowest BCUT2D eigenvalue weighted by Crippen LogP contribution is -2.03. The van der Waals surface area contributed by atoms with Gasteiger partial charge < -0.3 is 25.6 Å². The Kier molecular flexibility index (Phi) is 6.98. The number of ether oxygens (including phenoxy) is 2. The maximum atomic E-state index is 11.2. The molecule has 0 spiro atoms. The van der Waals surface area contributed by atoms with Gasteiger partial charge in [0.25, 0.3) is 0 Å². The minimum Gasteiger partial charge on any atom is -0.495 e. The van der Waals surface area contributed by atoms with E-state index in [4.69, 9.17) is 25.6 Å². The molecule has 0 saturated carbocycles. The molecule has 2 aromatic rings. The minimum absolute atomic E-state index is 0.0947. The molecule has 0 bridgehead atoms. The zero-order valence-corrected chi connectivity index (χ0v) is 16.0. The standard InChI is InChI=1S/C21H20N4O4/c1-13(25-18-8-15(21(26)27)6-7-19(18)28-2)24-12-17(11-23)14-4-5-16(10-22)20(9-14)29-3/h4-9,11-12,25H,1,23H2,2-3H3,(H,26,27)/b17-11?,24-12-. The predicted octanol–water partition coefficient (Wildman–Crippen LogP) is 3.23. The van der Waals surface area contributed by atoms with Crippen LogP contribution in [0.15, 0.2) is 60.0 Å². The lowest BCUT2D eigenvalue weighted by Gasteiger charge is -2.12. The molecule has 0 unspecified atom stereocenters. The van der Waals surface area contributed by atoms with E-state index in [2.05, 4.69) is 16.9 Å². The van der Waals surface area contributed by atoms with Crippen molar-refractivity contribution in [3.8, 4) is 17.6 Å². The zero-order chi connectivity index (χ0) is 21.4. The van der Waals surface area contributed by atoms with Gasteiger partial charge >= 0.3 is 5.97 Å². The van der Waals surface area contributed by atoms with E-state index in [9.17, 15) is 4.79 Å². The number of carbonyl (C=O) groups is 1. The number of nitrogens with one attached hydrogen (secondary N) is 1. The van der Waals surface area contributed by atoms with E-state index in [-0.39, 0.29) is 11.4 Å². The Labute approximate surface area is 168 Å². The summed E-state index contributed by atoms with van der Waals surface area (Å²) in [6.45, 7) is 3.81. The summed E-state index contributed by atoms with van der Waals surface area (Å²) >= 11 is 0. The number of nitrogens with two attached hydrogens (primary N) is 1. The number of nitrogens with zero attached hydrogens (tertiary/aromatic N) is 2. The van der Waals surface area contributed by atoms with E-state index >= 15 is 0 Å². The summed E-state index contributed by atoms with van der Waals surface area (Å²) in [6.07, 6.45) is 2.85. The van der Waals surface area contributed by atoms with Crippen molar-refractivity contribution in [2.75, 3.05) is 19.5 Å². The number of nitriles is 1. The number of benzene rings is 2. The van der Waals surface area contributed by atoms with Gasteiger partial charge in [-0.2, -0.15) is 5.26 Å². The molecular formula is C21H20N4O4. The Bertz CT molecular complexity index is 1040. The molecule has 0 amide bonds. The van der Waals surface area contributed by atoms with Crippen molar-refractivity contribution in [3.63, 3.8) is 0 Å². The highest BCUT2D eigenvalue weighted by Crippen LogP contribution is 2.27. The zero-order valence-electron chi connectivity index (χ0n) is 16.0. The van der Waals surface area contributed by atoms with Gasteiger partial charge in [-0.25, -0.2) is 9.79 Å². The van der Waals surface area contributed by atoms with Crippen LogP contribution in [0.3, 0.4) is 0 Å². The van der Waals surface area contributed by atoms with Crippen molar-refractivity contribution < 1.29 is 19.4 Å². The van der Waals surface area contributed by atoms with Gasteiger partial charge in [-0.3, -0.25) is 0 Å². The predicted molar refractivity (Wildman–Crippen MR) is 111 cm³/mol. The maximum absolute atomic E-state index is 11.2. The molecule has 8 nitrogen and oxygen atoms in total. The van der Waals surface area contributed by atoms with Crippen LogP contribution < -0.4 is 20.5 Å². The third-order valence-corrected chi connectivity index (χ3v) is 3.92. The molecule has 0 aliphatic carbocycles. The van der Waals surface area contributed by atoms with Crippen LogP contribution in [0.4, 0.5) is 5.69 Å². The van der Waals surface area contributed by atoms with Crippen LogP contribution in [0.1, 0.15) is 21.5 Å². The van der Waals surface area contributed by atoms with Crippen molar-refractivity contribution in [1.29, 1.82) is 5.26 Å². The summed E-state index contributed by atoms with van der Waals surface area (Å²) < 4.78 is 10.4. The van der Waals surface area contributed by atoms with Crippen molar-refractivity contribution in [2.24, 2.45) is 10.7 Å². The first-order valence-corrected chi connectivity index (χ1v) is 8.35. The molecule has 29 heavy (non-hydrogen) atoms. The number of allylic oxidation sites excluding steroid dienone is 1. The van der Waals surface area contributed by atoms with E-state index in [1.54, 1.807) is 18.2 Å². The molecule has 4 N–H and O–H groups in total. The third-order valence-electron chi connectivity index (χ3n) is 3.92. The van der Waals surface area contributed by atoms with Crippen molar-refractivity contribution in [3.05, 3.63) is 71.7 Å². The molecule has 0 atom stereocenters. The van der Waals surface area contributed by atoms with E-state index in [1.165, 1.54) is 44.8 Å². The largest absolute Gasteiger partial charge is 0.495 e. The number of hydrogen-bond acceptors (Lipinski definition) is 7. The Morgan fingerprint density at radius 3 is 2.48 bits per heavy atom. The fourth-order valence-electron chi connectivity index (χ4n) is 2.45. The van der Waals surface area contributed by atoms with Crippen LogP contribution in [0, 0.1) is 11.3 Å². The number of aromatic carboxylic acids is 1. The molecule has 0 heterocycles. The topological polar surface area (TPSA) is 130 Å². The van der Waals surface area contributed by atoms with Crippen LogP contribution in [0.25, 0.3) is 5.57 Å². The number of carboxylic acids is 1. The fraction of sp³-hybridized carbons (Fsp3) is 0.0952. The highest BCUT2D eigenvalue weighted by molar-refractivity contribution is 6.10. The van der Waals surface area contributed by atoms with Crippen LogP contribution in [-0.2, 0) is 0 Å². The molecule has 2 rings (SSSR count). The number of methoxy groups -OCH3 is 2. The van der Waals surface area contributed by atoms with E-state index < -0.39 is 5.97 Å². The summed E-state index contributed by atoms with van der Waals surface area (Å²) in [7, 11) is 2.95. The van der Waals surface area contributed by atoms with Crippen LogP contribution >= 0.6 is 0 Å². The first kappa shape index (κ1) is 21.1. The molecule has 0 fully saturated rings. The molecule has 2 aromatic carbocycles. The normalized spacial score (nSPS) is 11.0. The number of aliphatic imine (C=N–C) groups is 1. The van der Waals surface area contributed by atoms with Crippen LogP contribution in [-0.4, -0.2) is 31.5 Å². The van der Waals surface area contributed by atoms with Gasteiger partial charge in [0, 0.05) is 18.0 Å². The number of carboxylic acid groups (broad SMARTS) is 1. The van der Waals surface area contributed by atoms with Crippen LogP contribution in [0.5, 0.6) is 11.5 Å². The lowest BCUT2D eigenvalue weighted by molar-refractivity contribution is 0.0697. The molecule has 0 aliphatic heterocycles. The summed E-state index contributed by atoms with van der Waals surface area (Å²) in [5, 5.41) is 21.1. The van der Waals surface area contributed by atoms with E-state index in [0.717, 1.165) is 0 Å². The van der Waals surface area contributed by atoms with Gasteiger partial charge in [-0.05, 0) is 35.9 Å². The maximum Gasteiger partial charge on any atom is 0.335 e. The summed E-state index contributed by atoms with van der Waals surface area (Å²) in [5.74, 6) is 0.0430. The monoisotopic (exact) mass is 392 g/mol. The fourth-order valence-corrected chi connectivity index (χ4v) is 2.45. The van der Waals surface area contributed by atoms with Gasteiger partial charge in [0.1, 0.15) is 23.4 Å². The summed E-state index contributed by atoms with van der Waals surface area (Å²) in [5.41, 5.74) is 7.89. The second kappa shape index (κ2) is 9.62. The molecule has 0 radical (unpaired) electrons. The quantitative estimate of drug-likeness (QED) is 0.588. The minimum atomic E-state index is -1.06. The average Bonchev–Trinajstić information content (AvgIpc) is 2.73. The smallest absolute Gasteiger partial charge is 0.335 e. The molecule has 148 valence electrons. The third kappa shape index (κ3) is 5.14. The molecule has 0 saturated heterocycles. The van der Waals surface area contributed by atoms with Gasteiger partial charge in [-0.1, -0.05) is 12.6 Å². The van der Waals surface area contributed by atoms with Gasteiger partial charge in [0.2, 0.25) is 0 Å². The second-order valence-corrected chi connectivity index (χ2v) is 5.70. The number of rotatable bonds is 8. The average molecular weight is 392 g/mol. The highest BCUT2D eigenvalue weighted by atomic mass is 16.5. The van der Waals surface area contributed by atoms with E-state index in [0.29, 0.717) is 33.9 Å². The van der Waals surface area contributed by atoms with E-state index in [1.807, 2.05) is 6.07 Å². The Morgan fingerprint density at radius 2 is 1.90 bits per heavy atom. The highest BCUT2D eigenvalue weighted by Gasteiger charge is 2.10. The molecular weight excluding hydrogens is 372 g/mol. The molecule has 8 heteroatoms. The van der Waals surface area contributed by atoms with Crippen molar-refractivity contribution in [2.45, 2.75) is 0 Å². The number of hydrogen-bond donors (Lipinski definition) is 3. The SMILES string of the molecule is C=C(/N=C\C(=CN)c1ccc(C#N)c(OC)c1)Nc1cc(C(=O)O)ccc1OC. The Morgan fingerprint density at radius 1 is 1.21 bits per heavy atom. The first-order chi connectivity index (χ1) is 13.9. The number of anilines is 1.